The average molecular weight is 277 g/mol. The molecule has 1 aromatic rings. The van der Waals surface area contributed by atoms with Crippen LogP contribution in [-0.4, -0.2) is 17.0 Å². The summed E-state index contributed by atoms with van der Waals surface area (Å²) in [5.41, 5.74) is 1.33. The van der Waals surface area contributed by atoms with Crippen LogP contribution in [0.15, 0.2) is 18.2 Å². The van der Waals surface area contributed by atoms with Crippen molar-refractivity contribution >= 4 is 17.1 Å². The van der Waals surface area contributed by atoms with E-state index < -0.39 is 0 Å². The predicted octanol–water partition coefficient (Wildman–Crippen LogP) is 4.16. The molecule has 0 aromatic heterocycles. The van der Waals surface area contributed by atoms with Crippen LogP contribution in [0.1, 0.15) is 46.0 Å². The molecular weight excluding hydrogens is 254 g/mol. The third-order valence-corrected chi connectivity index (χ3v) is 3.98. The topological polar surface area (TPSA) is 67.2 Å². The van der Waals surface area contributed by atoms with Crippen LogP contribution in [0.2, 0.25) is 0 Å². The van der Waals surface area contributed by atoms with Gasteiger partial charge in [0.1, 0.15) is 11.4 Å². The molecule has 0 unspecified atom stereocenters. The summed E-state index contributed by atoms with van der Waals surface area (Å²) in [7, 11) is 0. The lowest BCUT2D eigenvalue weighted by atomic mass is 9.83. The number of nitrogens with zero attached hydrogens (tertiary/aromatic N) is 1. The van der Waals surface area contributed by atoms with Gasteiger partial charge in [0.15, 0.2) is 0 Å². The maximum atomic E-state index is 11.4. The predicted molar refractivity (Wildman–Crippen MR) is 82.4 cm³/mol. The summed E-state index contributed by atoms with van der Waals surface area (Å²) in [5, 5.41) is 17.9. The first kappa shape index (κ1) is 14.6. The van der Waals surface area contributed by atoms with E-state index in [1.54, 1.807) is 12.1 Å². The minimum absolute atomic E-state index is 0.0339. The van der Waals surface area contributed by atoms with Crippen LogP contribution in [0.4, 0.5) is 17.1 Å². The summed E-state index contributed by atoms with van der Waals surface area (Å²) in [6.45, 7) is 4.77. The number of benzene rings is 1. The highest BCUT2D eigenvalue weighted by Crippen LogP contribution is 2.38. The van der Waals surface area contributed by atoms with E-state index in [1.807, 2.05) is 13.0 Å². The zero-order chi connectivity index (χ0) is 14.6. The smallest absolute Gasteiger partial charge is 0.315 e. The van der Waals surface area contributed by atoms with Crippen LogP contribution in [0.25, 0.3) is 0 Å². The van der Waals surface area contributed by atoms with Gasteiger partial charge in [-0.3, -0.25) is 10.1 Å². The first-order chi connectivity index (χ1) is 9.56. The molecule has 0 heterocycles. The molecule has 2 rings (SSSR count). The summed E-state index contributed by atoms with van der Waals surface area (Å²) >= 11 is 0. The molecule has 1 fully saturated rings. The summed E-state index contributed by atoms with van der Waals surface area (Å²) in [4.78, 5) is 11.1. The zero-order valence-corrected chi connectivity index (χ0v) is 12.2. The number of nitro benzene ring substituents is 1. The van der Waals surface area contributed by atoms with Gasteiger partial charge >= 0.3 is 5.69 Å². The van der Waals surface area contributed by atoms with Crippen LogP contribution in [0, 0.1) is 10.1 Å². The molecule has 0 amide bonds. The Morgan fingerprint density at radius 2 is 1.90 bits per heavy atom. The molecule has 1 aliphatic rings. The number of nitrogens with one attached hydrogen (secondary N) is 2. The summed E-state index contributed by atoms with van der Waals surface area (Å²) in [6.07, 6.45) is 5.76. The third-order valence-electron chi connectivity index (χ3n) is 3.98. The Bertz CT molecular complexity index is 482. The van der Waals surface area contributed by atoms with Gasteiger partial charge in [-0.2, -0.15) is 0 Å². The molecule has 1 aliphatic carbocycles. The van der Waals surface area contributed by atoms with E-state index in [-0.39, 0.29) is 16.1 Å². The standard InChI is InChI=1S/C15H23N3O2/c1-3-16-12-8-7-9-13(14(12)18(19)20)17-15(2)10-5-4-6-11-15/h7-9,16-17H,3-6,10-11H2,1-2H3. The second-order valence-electron chi connectivity index (χ2n) is 5.74. The van der Waals surface area contributed by atoms with Crippen LogP contribution < -0.4 is 10.6 Å². The van der Waals surface area contributed by atoms with Crippen molar-refractivity contribution in [1.29, 1.82) is 0 Å². The molecule has 0 bridgehead atoms. The first-order valence-electron chi connectivity index (χ1n) is 7.35. The fourth-order valence-corrected chi connectivity index (χ4v) is 2.96. The second-order valence-corrected chi connectivity index (χ2v) is 5.74. The van der Waals surface area contributed by atoms with Crippen molar-refractivity contribution in [2.75, 3.05) is 17.2 Å². The molecule has 0 atom stereocenters. The molecule has 5 heteroatoms. The van der Waals surface area contributed by atoms with Gasteiger partial charge in [0, 0.05) is 12.1 Å². The largest absolute Gasteiger partial charge is 0.380 e. The molecule has 0 spiro atoms. The lowest BCUT2D eigenvalue weighted by Crippen LogP contribution is -2.37. The molecule has 110 valence electrons. The summed E-state index contributed by atoms with van der Waals surface area (Å²) in [5.74, 6) is 0. The van der Waals surface area contributed by atoms with E-state index in [0.29, 0.717) is 17.9 Å². The van der Waals surface area contributed by atoms with Crippen molar-refractivity contribution < 1.29 is 4.92 Å². The molecule has 0 aliphatic heterocycles. The van der Waals surface area contributed by atoms with E-state index in [1.165, 1.54) is 19.3 Å². The van der Waals surface area contributed by atoms with Crippen LogP contribution in [0.5, 0.6) is 0 Å². The number of para-hydroxylation sites is 1. The quantitative estimate of drug-likeness (QED) is 0.626. The monoisotopic (exact) mass is 277 g/mol. The molecule has 2 N–H and O–H groups in total. The van der Waals surface area contributed by atoms with Crippen molar-refractivity contribution in [2.45, 2.75) is 51.5 Å². The molecular formula is C15H23N3O2. The Balaban J connectivity index is 2.30. The van der Waals surface area contributed by atoms with Crippen molar-refractivity contribution in [1.82, 2.24) is 0 Å². The molecule has 1 aromatic carbocycles. The molecule has 0 saturated heterocycles. The van der Waals surface area contributed by atoms with E-state index in [0.717, 1.165) is 12.8 Å². The lowest BCUT2D eigenvalue weighted by Gasteiger charge is -2.35. The fraction of sp³-hybridized carbons (Fsp3) is 0.600. The van der Waals surface area contributed by atoms with Crippen molar-refractivity contribution in [2.24, 2.45) is 0 Å². The zero-order valence-electron chi connectivity index (χ0n) is 12.2. The summed E-state index contributed by atoms with van der Waals surface area (Å²) < 4.78 is 0. The van der Waals surface area contributed by atoms with Gasteiger partial charge in [-0.25, -0.2) is 0 Å². The molecule has 20 heavy (non-hydrogen) atoms. The molecule has 0 radical (unpaired) electrons. The first-order valence-corrected chi connectivity index (χ1v) is 7.35. The Morgan fingerprint density at radius 3 is 2.50 bits per heavy atom. The van der Waals surface area contributed by atoms with Crippen molar-refractivity contribution in [3.05, 3.63) is 28.3 Å². The number of nitro groups is 1. The van der Waals surface area contributed by atoms with Crippen molar-refractivity contribution in [3.63, 3.8) is 0 Å². The van der Waals surface area contributed by atoms with E-state index >= 15 is 0 Å². The SMILES string of the molecule is CCNc1cccc(NC2(C)CCCCC2)c1[N+](=O)[O-]. The number of hydrogen-bond donors (Lipinski definition) is 2. The second kappa shape index (κ2) is 6.11. The van der Waals surface area contributed by atoms with Crippen molar-refractivity contribution in [3.8, 4) is 0 Å². The molecule has 5 nitrogen and oxygen atoms in total. The highest BCUT2D eigenvalue weighted by molar-refractivity contribution is 5.76. The maximum absolute atomic E-state index is 11.4. The summed E-state index contributed by atoms with van der Waals surface area (Å²) in [6, 6.07) is 5.42. The van der Waals surface area contributed by atoms with E-state index in [4.69, 9.17) is 0 Å². The highest BCUT2D eigenvalue weighted by Gasteiger charge is 2.30. The Hall–Kier alpha value is -1.78. The van der Waals surface area contributed by atoms with Gasteiger partial charge in [-0.15, -0.1) is 0 Å². The Morgan fingerprint density at radius 1 is 1.25 bits per heavy atom. The number of rotatable bonds is 5. The fourth-order valence-electron chi connectivity index (χ4n) is 2.96. The number of anilines is 2. The minimum atomic E-state index is -0.299. The van der Waals surface area contributed by atoms with Gasteiger partial charge in [0.25, 0.3) is 0 Å². The average Bonchev–Trinajstić information content (AvgIpc) is 2.39. The maximum Gasteiger partial charge on any atom is 0.315 e. The van der Waals surface area contributed by atoms with Gasteiger partial charge in [-0.1, -0.05) is 25.3 Å². The van der Waals surface area contributed by atoms with Crippen LogP contribution >= 0.6 is 0 Å². The van der Waals surface area contributed by atoms with Crippen LogP contribution in [0.3, 0.4) is 0 Å². The van der Waals surface area contributed by atoms with Gasteiger partial charge in [0.05, 0.1) is 4.92 Å². The lowest BCUT2D eigenvalue weighted by molar-refractivity contribution is -0.383. The van der Waals surface area contributed by atoms with Gasteiger partial charge in [-0.05, 0) is 38.8 Å². The van der Waals surface area contributed by atoms with E-state index in [9.17, 15) is 10.1 Å². The minimum Gasteiger partial charge on any atom is -0.380 e. The Kier molecular flexibility index (Phi) is 4.47. The van der Waals surface area contributed by atoms with Gasteiger partial charge < -0.3 is 10.6 Å². The van der Waals surface area contributed by atoms with Crippen LogP contribution in [-0.2, 0) is 0 Å². The van der Waals surface area contributed by atoms with E-state index in [2.05, 4.69) is 17.6 Å². The van der Waals surface area contributed by atoms with Gasteiger partial charge in [0.2, 0.25) is 0 Å². The highest BCUT2D eigenvalue weighted by atomic mass is 16.6. The Labute approximate surface area is 119 Å². The number of hydrogen-bond acceptors (Lipinski definition) is 4. The molecule has 1 saturated carbocycles. The normalized spacial score (nSPS) is 17.5. The third kappa shape index (κ3) is 3.21.